The minimum absolute atomic E-state index is 0. The lowest BCUT2D eigenvalue weighted by molar-refractivity contribution is 0.0200. The first-order chi connectivity index (χ1) is 14.5. The van der Waals surface area contributed by atoms with Gasteiger partial charge in [0.15, 0.2) is 17.5 Å². The standard InChI is InChI=1S/C20H34N4O5S.HI/c1-4-21-20(24-16-9-10-18(27-3)19(14-16)28-5-2)22-11-13-30(25,26)23-15-17-8-6-7-12-29-17;/h9-10,14,17,23H,4-8,11-13,15H2,1-3H3,(H2,21,22,24);1H. The summed E-state index contributed by atoms with van der Waals surface area (Å²) >= 11 is 0. The molecule has 1 aromatic carbocycles. The van der Waals surface area contributed by atoms with Crippen molar-refractivity contribution in [2.75, 3.05) is 51.0 Å². The fraction of sp³-hybridized carbons (Fsp3) is 0.650. The van der Waals surface area contributed by atoms with Gasteiger partial charge in [0.25, 0.3) is 0 Å². The van der Waals surface area contributed by atoms with Crippen LogP contribution in [0, 0.1) is 0 Å². The minimum Gasteiger partial charge on any atom is -0.493 e. The largest absolute Gasteiger partial charge is 0.493 e. The molecule has 1 atom stereocenters. The maximum Gasteiger partial charge on any atom is 0.213 e. The van der Waals surface area contributed by atoms with Crippen LogP contribution in [0.1, 0.15) is 33.1 Å². The Morgan fingerprint density at radius 1 is 1.26 bits per heavy atom. The first-order valence-electron chi connectivity index (χ1n) is 10.4. The Hall–Kier alpha value is -1.31. The molecule has 9 nitrogen and oxygen atoms in total. The molecule has 1 heterocycles. The van der Waals surface area contributed by atoms with Crippen molar-refractivity contribution in [3.63, 3.8) is 0 Å². The SMILES string of the molecule is CCNC(=NCCS(=O)(=O)NCC1CCCCO1)Nc1ccc(OC)c(OCC)c1.I. The van der Waals surface area contributed by atoms with Crippen LogP contribution in [0.5, 0.6) is 11.5 Å². The lowest BCUT2D eigenvalue weighted by Crippen LogP contribution is -2.37. The molecule has 1 fully saturated rings. The van der Waals surface area contributed by atoms with E-state index in [9.17, 15) is 8.42 Å². The summed E-state index contributed by atoms with van der Waals surface area (Å²) in [6.45, 7) is 6.15. The average Bonchev–Trinajstić information content (AvgIpc) is 2.74. The summed E-state index contributed by atoms with van der Waals surface area (Å²) in [5.74, 6) is 1.67. The van der Waals surface area contributed by atoms with Crippen LogP contribution in [0.2, 0.25) is 0 Å². The number of nitrogens with zero attached hydrogens (tertiary/aromatic N) is 1. The van der Waals surface area contributed by atoms with Gasteiger partial charge in [0, 0.05) is 31.5 Å². The molecule has 1 aliphatic rings. The number of methoxy groups -OCH3 is 1. The molecule has 1 aromatic rings. The molecule has 0 bridgehead atoms. The first-order valence-corrected chi connectivity index (χ1v) is 12.1. The number of benzene rings is 1. The zero-order chi connectivity index (χ0) is 21.8. The highest BCUT2D eigenvalue weighted by Crippen LogP contribution is 2.30. The number of nitrogens with one attached hydrogen (secondary N) is 3. The molecule has 0 saturated carbocycles. The number of anilines is 1. The van der Waals surface area contributed by atoms with Crippen molar-refractivity contribution in [2.45, 2.75) is 39.2 Å². The molecule has 31 heavy (non-hydrogen) atoms. The van der Waals surface area contributed by atoms with Crippen molar-refractivity contribution in [2.24, 2.45) is 4.99 Å². The Morgan fingerprint density at radius 3 is 2.71 bits per heavy atom. The predicted octanol–water partition coefficient (Wildman–Crippen LogP) is 2.58. The van der Waals surface area contributed by atoms with Gasteiger partial charge in [0.05, 0.1) is 32.1 Å². The lowest BCUT2D eigenvalue weighted by Gasteiger charge is -2.22. The number of sulfonamides is 1. The fourth-order valence-electron chi connectivity index (χ4n) is 3.00. The molecule has 1 aliphatic heterocycles. The summed E-state index contributed by atoms with van der Waals surface area (Å²) in [5, 5.41) is 6.28. The quantitative estimate of drug-likeness (QED) is 0.213. The molecule has 0 aromatic heterocycles. The number of hydrogen-bond acceptors (Lipinski definition) is 6. The van der Waals surface area contributed by atoms with Crippen LogP contribution in [-0.4, -0.2) is 66.2 Å². The van der Waals surface area contributed by atoms with E-state index in [0.29, 0.717) is 43.8 Å². The van der Waals surface area contributed by atoms with Crippen LogP contribution in [0.25, 0.3) is 0 Å². The monoisotopic (exact) mass is 570 g/mol. The molecule has 11 heteroatoms. The number of rotatable bonds is 11. The van der Waals surface area contributed by atoms with Crippen molar-refractivity contribution < 1.29 is 22.6 Å². The van der Waals surface area contributed by atoms with E-state index < -0.39 is 10.0 Å². The van der Waals surface area contributed by atoms with Crippen LogP contribution in [0.3, 0.4) is 0 Å². The highest BCUT2D eigenvalue weighted by molar-refractivity contribution is 14.0. The van der Waals surface area contributed by atoms with Crippen molar-refractivity contribution in [1.82, 2.24) is 10.0 Å². The zero-order valence-corrected chi connectivity index (χ0v) is 21.6. The van der Waals surface area contributed by atoms with Crippen LogP contribution in [0.15, 0.2) is 23.2 Å². The number of halogens is 1. The van der Waals surface area contributed by atoms with Gasteiger partial charge in [-0.1, -0.05) is 0 Å². The second-order valence-corrected chi connectivity index (χ2v) is 8.77. The van der Waals surface area contributed by atoms with Gasteiger partial charge in [-0.25, -0.2) is 13.1 Å². The Balaban J connectivity index is 0.00000480. The third-order valence-corrected chi connectivity index (χ3v) is 5.83. The van der Waals surface area contributed by atoms with Crippen molar-refractivity contribution in [3.8, 4) is 11.5 Å². The first kappa shape index (κ1) is 27.7. The summed E-state index contributed by atoms with van der Waals surface area (Å²) in [4.78, 5) is 4.38. The van der Waals surface area contributed by atoms with Gasteiger partial charge in [-0.15, -0.1) is 24.0 Å². The second kappa shape index (κ2) is 14.7. The third-order valence-electron chi connectivity index (χ3n) is 4.51. The van der Waals surface area contributed by atoms with E-state index in [1.807, 2.05) is 26.0 Å². The van der Waals surface area contributed by atoms with Gasteiger partial charge in [-0.3, -0.25) is 4.99 Å². The van der Waals surface area contributed by atoms with Gasteiger partial charge in [-0.2, -0.15) is 0 Å². The van der Waals surface area contributed by atoms with Crippen LogP contribution in [0.4, 0.5) is 5.69 Å². The van der Waals surface area contributed by atoms with Gasteiger partial charge >= 0.3 is 0 Å². The highest BCUT2D eigenvalue weighted by Gasteiger charge is 2.17. The average molecular weight is 570 g/mol. The Morgan fingerprint density at radius 2 is 2.06 bits per heavy atom. The molecule has 0 spiro atoms. The van der Waals surface area contributed by atoms with E-state index in [2.05, 4.69) is 20.3 Å². The summed E-state index contributed by atoms with van der Waals surface area (Å²) in [7, 11) is -1.83. The molecule has 0 radical (unpaired) electrons. The molecule has 0 amide bonds. The Kier molecular flexibility index (Phi) is 13.1. The topological polar surface area (TPSA) is 110 Å². The summed E-state index contributed by atoms with van der Waals surface area (Å²) in [5.41, 5.74) is 0.759. The second-order valence-electron chi connectivity index (χ2n) is 6.84. The number of guanidine groups is 1. The molecule has 0 aliphatic carbocycles. The van der Waals surface area contributed by atoms with Crippen LogP contribution < -0.4 is 24.8 Å². The van der Waals surface area contributed by atoms with E-state index >= 15 is 0 Å². The smallest absolute Gasteiger partial charge is 0.213 e. The summed E-state index contributed by atoms with van der Waals surface area (Å²) < 4.78 is 43.6. The van der Waals surface area contributed by atoms with E-state index in [4.69, 9.17) is 14.2 Å². The molecule has 3 N–H and O–H groups in total. The molecule has 2 rings (SSSR count). The number of ether oxygens (including phenoxy) is 3. The van der Waals surface area contributed by atoms with Gasteiger partial charge in [-0.05, 0) is 45.2 Å². The summed E-state index contributed by atoms with van der Waals surface area (Å²) in [6, 6.07) is 5.47. The number of aliphatic imine (C=N–C) groups is 1. The molecule has 1 saturated heterocycles. The predicted molar refractivity (Wildman–Crippen MR) is 135 cm³/mol. The van der Waals surface area contributed by atoms with Crippen molar-refractivity contribution in [3.05, 3.63) is 18.2 Å². The Bertz CT molecular complexity index is 786. The van der Waals surface area contributed by atoms with E-state index in [1.54, 1.807) is 13.2 Å². The van der Waals surface area contributed by atoms with Crippen molar-refractivity contribution in [1.29, 1.82) is 0 Å². The number of hydrogen-bond donors (Lipinski definition) is 3. The van der Waals surface area contributed by atoms with Gasteiger partial charge < -0.3 is 24.8 Å². The Labute approximate surface area is 202 Å². The van der Waals surface area contributed by atoms with Gasteiger partial charge in [0.2, 0.25) is 10.0 Å². The molecular weight excluding hydrogens is 535 g/mol. The summed E-state index contributed by atoms with van der Waals surface area (Å²) in [6.07, 6.45) is 2.97. The van der Waals surface area contributed by atoms with Crippen LogP contribution >= 0.6 is 24.0 Å². The normalized spacial score (nSPS) is 16.9. The van der Waals surface area contributed by atoms with Crippen LogP contribution in [-0.2, 0) is 14.8 Å². The van der Waals surface area contributed by atoms with E-state index in [0.717, 1.165) is 24.9 Å². The van der Waals surface area contributed by atoms with Gasteiger partial charge in [0.1, 0.15) is 0 Å². The van der Waals surface area contributed by atoms with Crippen molar-refractivity contribution >= 4 is 45.6 Å². The lowest BCUT2D eigenvalue weighted by atomic mass is 10.1. The molecular formula is C20H35IN4O5S. The van der Waals surface area contributed by atoms with E-state index in [1.165, 1.54) is 0 Å². The maximum atomic E-state index is 12.3. The van der Waals surface area contributed by atoms with E-state index in [-0.39, 0.29) is 42.4 Å². The fourth-order valence-corrected chi connectivity index (χ4v) is 3.92. The maximum absolute atomic E-state index is 12.3. The third kappa shape index (κ3) is 10.2. The molecule has 1 unspecified atom stereocenters. The highest BCUT2D eigenvalue weighted by atomic mass is 127. The zero-order valence-electron chi connectivity index (χ0n) is 18.5. The molecule has 178 valence electrons. The minimum atomic E-state index is -3.42.